The van der Waals surface area contributed by atoms with Gasteiger partial charge < -0.3 is 15.1 Å². The van der Waals surface area contributed by atoms with Gasteiger partial charge in [-0.05, 0) is 62.0 Å². The highest BCUT2D eigenvalue weighted by Gasteiger charge is 2.44. The number of fused-ring (bicyclic) bond motifs is 4. The van der Waals surface area contributed by atoms with Crippen LogP contribution >= 0.6 is 0 Å². The van der Waals surface area contributed by atoms with Crippen LogP contribution in [0.4, 0.5) is 5.82 Å². The van der Waals surface area contributed by atoms with E-state index < -0.39 is 0 Å². The van der Waals surface area contributed by atoms with Crippen molar-refractivity contribution in [1.82, 2.24) is 15.2 Å². The minimum Gasteiger partial charge on any atom is -0.355 e. The van der Waals surface area contributed by atoms with Crippen molar-refractivity contribution in [3.05, 3.63) is 23.9 Å². The number of hydrogen-bond donors (Lipinski definition) is 1. The number of nitrogens with one attached hydrogen (secondary N) is 1. The molecule has 1 aromatic rings. The van der Waals surface area contributed by atoms with Crippen molar-refractivity contribution in [3.63, 3.8) is 0 Å². The Bertz CT molecular complexity index is 791. The Morgan fingerprint density at radius 1 is 1.10 bits per heavy atom. The molecule has 1 aromatic heterocycles. The molecule has 3 saturated heterocycles. The van der Waals surface area contributed by atoms with Gasteiger partial charge in [0.25, 0.3) is 5.91 Å². The SMILES string of the molecule is O=C(NCC1CCCCC1)c1cccnc1N1CC2CC(C1)[C@H]1CCCC(=O)N1C2. The summed E-state index contributed by atoms with van der Waals surface area (Å²) in [5.74, 6) is 2.75. The highest BCUT2D eigenvalue weighted by Crippen LogP contribution is 2.39. The lowest BCUT2D eigenvalue weighted by atomic mass is 9.76. The molecule has 4 fully saturated rings. The van der Waals surface area contributed by atoms with Crippen LogP contribution in [-0.4, -0.2) is 53.9 Å². The zero-order valence-corrected chi connectivity index (χ0v) is 17.9. The second-order valence-electron chi connectivity index (χ2n) is 9.86. The van der Waals surface area contributed by atoms with E-state index >= 15 is 0 Å². The van der Waals surface area contributed by atoms with Gasteiger partial charge in [-0.15, -0.1) is 0 Å². The summed E-state index contributed by atoms with van der Waals surface area (Å²) in [6.45, 7) is 3.42. The molecule has 3 aliphatic heterocycles. The van der Waals surface area contributed by atoms with Crippen LogP contribution in [0.1, 0.15) is 68.1 Å². The first-order chi connectivity index (χ1) is 14.7. The molecule has 2 unspecified atom stereocenters. The maximum atomic E-state index is 13.0. The van der Waals surface area contributed by atoms with Gasteiger partial charge in [0.1, 0.15) is 5.82 Å². The van der Waals surface area contributed by atoms with Gasteiger partial charge in [-0.1, -0.05) is 19.3 Å². The predicted octanol–water partition coefficient (Wildman–Crippen LogP) is 3.23. The Labute approximate surface area is 179 Å². The number of rotatable bonds is 4. The molecular formula is C24H34N4O2. The molecule has 6 nitrogen and oxygen atoms in total. The zero-order valence-electron chi connectivity index (χ0n) is 17.9. The number of piperidine rings is 3. The molecule has 5 rings (SSSR count). The molecule has 30 heavy (non-hydrogen) atoms. The van der Waals surface area contributed by atoms with E-state index in [1.54, 1.807) is 6.20 Å². The number of nitrogens with zero attached hydrogens (tertiary/aromatic N) is 3. The first-order valence-corrected chi connectivity index (χ1v) is 12.0. The van der Waals surface area contributed by atoms with Crippen LogP contribution in [0.5, 0.6) is 0 Å². The Morgan fingerprint density at radius 2 is 1.97 bits per heavy atom. The minimum absolute atomic E-state index is 0.00822. The topological polar surface area (TPSA) is 65.5 Å². The van der Waals surface area contributed by atoms with Crippen molar-refractivity contribution in [2.45, 2.75) is 63.8 Å². The largest absolute Gasteiger partial charge is 0.355 e. The van der Waals surface area contributed by atoms with E-state index in [-0.39, 0.29) is 5.91 Å². The number of aromatic nitrogens is 1. The number of amides is 2. The summed E-state index contributed by atoms with van der Waals surface area (Å²) >= 11 is 0. The highest BCUT2D eigenvalue weighted by molar-refractivity contribution is 5.98. The Morgan fingerprint density at radius 3 is 2.83 bits per heavy atom. The Hall–Kier alpha value is -2.11. The molecule has 0 radical (unpaired) electrons. The third kappa shape index (κ3) is 3.93. The van der Waals surface area contributed by atoms with Gasteiger partial charge in [-0.3, -0.25) is 9.59 Å². The maximum absolute atomic E-state index is 13.0. The zero-order chi connectivity index (χ0) is 20.5. The second-order valence-corrected chi connectivity index (χ2v) is 9.86. The number of hydrogen-bond acceptors (Lipinski definition) is 4. The van der Waals surface area contributed by atoms with E-state index in [1.807, 2.05) is 12.1 Å². The van der Waals surface area contributed by atoms with E-state index in [2.05, 4.69) is 20.1 Å². The number of anilines is 1. The van der Waals surface area contributed by atoms with Crippen LogP contribution in [0.2, 0.25) is 0 Å². The van der Waals surface area contributed by atoms with Crippen LogP contribution in [0.25, 0.3) is 0 Å². The summed E-state index contributed by atoms with van der Waals surface area (Å²) < 4.78 is 0. The fraction of sp³-hybridized carbons (Fsp3) is 0.708. The lowest BCUT2D eigenvalue weighted by molar-refractivity contribution is -0.142. The summed E-state index contributed by atoms with van der Waals surface area (Å²) in [6.07, 6.45) is 12.2. The summed E-state index contributed by atoms with van der Waals surface area (Å²) in [7, 11) is 0. The first kappa shape index (κ1) is 19.8. The van der Waals surface area contributed by atoms with E-state index in [1.165, 1.54) is 38.5 Å². The average Bonchev–Trinajstić information content (AvgIpc) is 2.79. The van der Waals surface area contributed by atoms with Crippen LogP contribution in [0.15, 0.2) is 18.3 Å². The van der Waals surface area contributed by atoms with Gasteiger partial charge in [0.2, 0.25) is 5.91 Å². The predicted molar refractivity (Wildman–Crippen MR) is 116 cm³/mol. The van der Waals surface area contributed by atoms with Gasteiger partial charge in [0, 0.05) is 44.8 Å². The van der Waals surface area contributed by atoms with Gasteiger partial charge in [0.05, 0.1) is 5.56 Å². The van der Waals surface area contributed by atoms with Crippen molar-refractivity contribution < 1.29 is 9.59 Å². The molecule has 1 saturated carbocycles. The summed E-state index contributed by atoms with van der Waals surface area (Å²) in [4.78, 5) is 34.6. The summed E-state index contributed by atoms with van der Waals surface area (Å²) in [6, 6.07) is 4.16. The lowest BCUT2D eigenvalue weighted by Crippen LogP contribution is -2.60. The molecule has 6 heteroatoms. The summed E-state index contributed by atoms with van der Waals surface area (Å²) in [5.41, 5.74) is 0.699. The van der Waals surface area contributed by atoms with E-state index in [0.717, 1.165) is 44.8 Å². The van der Waals surface area contributed by atoms with E-state index in [0.29, 0.717) is 41.7 Å². The molecular weight excluding hydrogens is 376 g/mol. The Balaban J connectivity index is 1.29. The number of carbonyl (C=O) groups is 2. The molecule has 2 amide bonds. The average molecular weight is 411 g/mol. The van der Waals surface area contributed by atoms with Crippen molar-refractivity contribution in [2.24, 2.45) is 17.8 Å². The highest BCUT2D eigenvalue weighted by atomic mass is 16.2. The standard InChI is InChI=1S/C24H34N4O2/c29-22-10-4-9-21-19-12-18(15-28(21)22)14-27(16-19)23-20(8-5-11-25-23)24(30)26-13-17-6-2-1-3-7-17/h5,8,11,17-19,21H,1-4,6-7,9-10,12-16H2,(H,26,30)/t18?,19?,21-/m1/s1. The van der Waals surface area contributed by atoms with Gasteiger partial charge in [-0.2, -0.15) is 0 Å². The van der Waals surface area contributed by atoms with Gasteiger partial charge in [-0.25, -0.2) is 4.98 Å². The van der Waals surface area contributed by atoms with E-state index in [9.17, 15) is 9.59 Å². The fourth-order valence-corrected chi connectivity index (χ4v) is 6.33. The molecule has 1 aliphatic carbocycles. The number of carbonyl (C=O) groups excluding carboxylic acids is 2. The molecule has 3 atom stereocenters. The summed E-state index contributed by atoms with van der Waals surface area (Å²) in [5, 5.41) is 3.19. The third-order valence-electron chi connectivity index (χ3n) is 7.79. The van der Waals surface area contributed by atoms with Crippen molar-refractivity contribution in [1.29, 1.82) is 0 Å². The normalized spacial score (nSPS) is 29.5. The molecule has 2 bridgehead atoms. The second kappa shape index (κ2) is 8.56. The number of pyridine rings is 1. The smallest absolute Gasteiger partial charge is 0.255 e. The minimum atomic E-state index is 0.00822. The van der Waals surface area contributed by atoms with Gasteiger partial charge >= 0.3 is 0 Å². The van der Waals surface area contributed by atoms with Crippen molar-refractivity contribution >= 4 is 17.6 Å². The molecule has 0 spiro atoms. The van der Waals surface area contributed by atoms with Crippen LogP contribution in [0.3, 0.4) is 0 Å². The van der Waals surface area contributed by atoms with Crippen LogP contribution in [0, 0.1) is 17.8 Å². The molecule has 0 aromatic carbocycles. The van der Waals surface area contributed by atoms with Gasteiger partial charge in [0.15, 0.2) is 0 Å². The quantitative estimate of drug-likeness (QED) is 0.828. The molecule has 162 valence electrons. The van der Waals surface area contributed by atoms with Crippen molar-refractivity contribution in [2.75, 3.05) is 31.1 Å². The third-order valence-corrected chi connectivity index (χ3v) is 7.79. The van der Waals surface area contributed by atoms with Crippen molar-refractivity contribution in [3.8, 4) is 0 Å². The molecule has 1 N–H and O–H groups in total. The monoisotopic (exact) mass is 410 g/mol. The van der Waals surface area contributed by atoms with Crippen LogP contribution in [-0.2, 0) is 4.79 Å². The first-order valence-electron chi connectivity index (χ1n) is 12.0. The maximum Gasteiger partial charge on any atom is 0.255 e. The lowest BCUT2D eigenvalue weighted by Gasteiger charge is -2.52. The van der Waals surface area contributed by atoms with E-state index in [4.69, 9.17) is 0 Å². The fourth-order valence-electron chi connectivity index (χ4n) is 6.33. The Kier molecular flexibility index (Phi) is 5.66. The van der Waals surface area contributed by atoms with Crippen LogP contribution < -0.4 is 10.2 Å². The molecule has 4 heterocycles. The molecule has 4 aliphatic rings.